The molecular weight excluding hydrogens is 463 g/mol. The number of amides is 1. The Morgan fingerprint density at radius 3 is 2.53 bits per heavy atom. The summed E-state index contributed by atoms with van der Waals surface area (Å²) in [6.45, 7) is 2.34. The monoisotopic (exact) mass is 488 g/mol. The molecule has 0 spiro atoms. The Morgan fingerprint density at radius 2 is 1.78 bits per heavy atom. The average molecular weight is 489 g/mol. The lowest BCUT2D eigenvalue weighted by Crippen LogP contribution is -2.32. The van der Waals surface area contributed by atoms with Gasteiger partial charge in [0.1, 0.15) is 11.4 Å². The van der Waals surface area contributed by atoms with Crippen molar-refractivity contribution in [2.24, 2.45) is 0 Å². The molecule has 4 aromatic rings. The smallest absolute Gasteiger partial charge is 0.279 e. The van der Waals surface area contributed by atoms with Gasteiger partial charge < -0.3 is 19.4 Å². The summed E-state index contributed by atoms with van der Waals surface area (Å²) in [7, 11) is 0. The van der Waals surface area contributed by atoms with Crippen molar-refractivity contribution >= 4 is 11.4 Å². The summed E-state index contributed by atoms with van der Waals surface area (Å²) in [6.07, 6.45) is 5.19. The topological polar surface area (TPSA) is 96.1 Å². The summed E-state index contributed by atoms with van der Waals surface area (Å²) in [5.74, 6) is -1.86. The van der Waals surface area contributed by atoms with E-state index >= 15 is 0 Å². The van der Waals surface area contributed by atoms with Gasteiger partial charge >= 0.3 is 0 Å². The van der Waals surface area contributed by atoms with Crippen LogP contribution in [0.15, 0.2) is 82.8 Å². The standard InChI is InChI=1S/C27H25FN4O4/c28-20-8-6-18(7-9-20)14-29-26(35)22-17-31-12-13-32(27(36)23(31)25(34)24(22)33)21-10-11-30(16-21)15-19-4-2-1-3-5-19/h1-9,12-13,17,21,34H,10-11,14-16H2,(H,29,35). The van der Waals surface area contributed by atoms with Crippen LogP contribution < -0.4 is 16.3 Å². The first-order chi connectivity index (χ1) is 17.4. The number of benzene rings is 2. The molecule has 8 nitrogen and oxygen atoms in total. The van der Waals surface area contributed by atoms with Gasteiger partial charge in [-0.15, -0.1) is 0 Å². The molecule has 0 bridgehead atoms. The number of hydrogen-bond donors (Lipinski definition) is 2. The van der Waals surface area contributed by atoms with Crippen LogP contribution in [0.4, 0.5) is 4.39 Å². The highest BCUT2D eigenvalue weighted by molar-refractivity contribution is 5.94. The van der Waals surface area contributed by atoms with Gasteiger partial charge in [0.2, 0.25) is 5.43 Å². The second-order valence-electron chi connectivity index (χ2n) is 8.96. The number of aromatic nitrogens is 2. The normalized spacial score (nSPS) is 15.9. The fraction of sp³-hybridized carbons (Fsp3) is 0.222. The first-order valence-corrected chi connectivity index (χ1v) is 11.7. The number of rotatable bonds is 6. The number of carbonyl (C=O) groups excluding carboxylic acids is 1. The summed E-state index contributed by atoms with van der Waals surface area (Å²) >= 11 is 0. The Morgan fingerprint density at radius 1 is 1.03 bits per heavy atom. The molecule has 1 aliphatic rings. The van der Waals surface area contributed by atoms with Crippen LogP contribution in [-0.2, 0) is 13.1 Å². The summed E-state index contributed by atoms with van der Waals surface area (Å²) in [4.78, 5) is 41.0. The first-order valence-electron chi connectivity index (χ1n) is 11.7. The molecule has 0 aliphatic carbocycles. The summed E-state index contributed by atoms with van der Waals surface area (Å²) < 4.78 is 15.9. The highest BCUT2D eigenvalue weighted by Gasteiger charge is 2.26. The van der Waals surface area contributed by atoms with Crippen molar-refractivity contribution in [3.63, 3.8) is 0 Å². The minimum Gasteiger partial charge on any atom is -0.503 e. The van der Waals surface area contributed by atoms with Crippen LogP contribution in [0.3, 0.4) is 0 Å². The van der Waals surface area contributed by atoms with Crippen molar-refractivity contribution < 1.29 is 14.3 Å². The zero-order valence-corrected chi connectivity index (χ0v) is 19.4. The number of fused-ring (bicyclic) bond motifs is 1. The average Bonchev–Trinajstić information content (AvgIpc) is 3.34. The largest absolute Gasteiger partial charge is 0.503 e. The van der Waals surface area contributed by atoms with Gasteiger partial charge in [0.05, 0.1) is 6.04 Å². The molecule has 36 heavy (non-hydrogen) atoms. The van der Waals surface area contributed by atoms with Gasteiger partial charge in [0.15, 0.2) is 11.3 Å². The van der Waals surface area contributed by atoms with E-state index in [4.69, 9.17) is 0 Å². The second kappa shape index (κ2) is 9.79. The van der Waals surface area contributed by atoms with Crippen molar-refractivity contribution in [1.29, 1.82) is 0 Å². The molecule has 5 rings (SSSR count). The molecular formula is C27H25FN4O4. The number of carbonyl (C=O) groups is 1. The minimum absolute atomic E-state index is 0.0742. The molecule has 2 aromatic heterocycles. The molecule has 1 aliphatic heterocycles. The number of nitrogens with zero attached hydrogens (tertiary/aromatic N) is 3. The highest BCUT2D eigenvalue weighted by Crippen LogP contribution is 2.23. The minimum atomic E-state index is -0.918. The van der Waals surface area contributed by atoms with Crippen LogP contribution in [0.1, 0.15) is 33.9 Å². The van der Waals surface area contributed by atoms with Crippen LogP contribution in [0, 0.1) is 5.82 Å². The van der Waals surface area contributed by atoms with Crippen molar-refractivity contribution in [2.75, 3.05) is 13.1 Å². The van der Waals surface area contributed by atoms with Gasteiger partial charge in [-0.1, -0.05) is 42.5 Å². The van der Waals surface area contributed by atoms with E-state index in [0.29, 0.717) is 12.1 Å². The highest BCUT2D eigenvalue weighted by atomic mass is 19.1. The summed E-state index contributed by atoms with van der Waals surface area (Å²) in [6, 6.07) is 15.6. The van der Waals surface area contributed by atoms with Crippen LogP contribution in [-0.4, -0.2) is 38.0 Å². The van der Waals surface area contributed by atoms with Crippen LogP contribution in [0.2, 0.25) is 0 Å². The Hall–Kier alpha value is -4.24. The summed E-state index contributed by atoms with van der Waals surface area (Å²) in [5, 5.41) is 13.2. The maximum absolute atomic E-state index is 13.3. The molecule has 0 saturated carbocycles. The number of aromatic hydroxyl groups is 1. The van der Waals surface area contributed by atoms with Crippen molar-refractivity contribution in [1.82, 2.24) is 19.2 Å². The maximum Gasteiger partial charge on any atom is 0.279 e. The van der Waals surface area contributed by atoms with E-state index < -0.39 is 28.5 Å². The number of pyridine rings is 1. The molecule has 2 N–H and O–H groups in total. The predicted octanol–water partition coefficient (Wildman–Crippen LogP) is 2.68. The fourth-order valence-electron chi connectivity index (χ4n) is 4.64. The van der Waals surface area contributed by atoms with Gasteiger partial charge in [-0.3, -0.25) is 19.3 Å². The molecule has 184 valence electrons. The Kier molecular flexibility index (Phi) is 6.39. The molecule has 1 unspecified atom stereocenters. The van der Waals surface area contributed by atoms with Gasteiger partial charge in [0, 0.05) is 44.8 Å². The van der Waals surface area contributed by atoms with E-state index in [0.717, 1.165) is 19.5 Å². The molecule has 1 saturated heterocycles. The van der Waals surface area contributed by atoms with Crippen molar-refractivity contribution in [2.45, 2.75) is 25.6 Å². The third-order valence-electron chi connectivity index (χ3n) is 6.54. The Bertz CT molecular complexity index is 1530. The molecule has 1 fully saturated rings. The van der Waals surface area contributed by atoms with E-state index in [1.807, 2.05) is 18.2 Å². The zero-order chi connectivity index (χ0) is 25.2. The lowest BCUT2D eigenvalue weighted by molar-refractivity contribution is 0.0949. The lowest BCUT2D eigenvalue weighted by atomic mass is 10.2. The van der Waals surface area contributed by atoms with E-state index in [1.165, 1.54) is 40.4 Å². The van der Waals surface area contributed by atoms with E-state index in [1.54, 1.807) is 17.0 Å². The molecule has 9 heteroatoms. The number of halogens is 1. The first kappa shape index (κ1) is 23.5. The summed E-state index contributed by atoms with van der Waals surface area (Å²) in [5.41, 5.74) is -0.0252. The van der Waals surface area contributed by atoms with Crippen molar-refractivity contribution in [3.05, 3.63) is 116 Å². The van der Waals surface area contributed by atoms with Crippen molar-refractivity contribution in [3.8, 4) is 5.75 Å². The fourth-order valence-corrected chi connectivity index (χ4v) is 4.64. The van der Waals surface area contributed by atoms with E-state index in [2.05, 4.69) is 22.3 Å². The second-order valence-corrected chi connectivity index (χ2v) is 8.96. The van der Waals surface area contributed by atoms with Crippen LogP contribution in [0.5, 0.6) is 5.75 Å². The third-order valence-corrected chi connectivity index (χ3v) is 6.54. The Labute approximate surface area is 205 Å². The lowest BCUT2D eigenvalue weighted by Gasteiger charge is -2.18. The van der Waals surface area contributed by atoms with Gasteiger partial charge in [0.25, 0.3) is 11.5 Å². The van der Waals surface area contributed by atoms with Gasteiger partial charge in [-0.25, -0.2) is 4.39 Å². The zero-order valence-electron chi connectivity index (χ0n) is 19.4. The van der Waals surface area contributed by atoms with Crippen LogP contribution >= 0.6 is 0 Å². The molecule has 0 radical (unpaired) electrons. The van der Waals surface area contributed by atoms with Crippen LogP contribution in [0.25, 0.3) is 5.52 Å². The third kappa shape index (κ3) is 4.65. The number of likely N-dealkylation sites (tertiary alicyclic amines) is 1. The van der Waals surface area contributed by atoms with E-state index in [9.17, 15) is 23.9 Å². The quantitative estimate of drug-likeness (QED) is 0.435. The predicted molar refractivity (Wildman–Crippen MR) is 133 cm³/mol. The molecule has 1 atom stereocenters. The number of hydrogen-bond acceptors (Lipinski definition) is 5. The SMILES string of the molecule is O=C(NCc1ccc(F)cc1)c1cn2ccn(C3CCN(Cc4ccccc4)C3)c(=O)c2c(O)c1=O. The van der Waals surface area contributed by atoms with Gasteiger partial charge in [-0.2, -0.15) is 0 Å². The molecule has 2 aromatic carbocycles. The Balaban J connectivity index is 1.37. The van der Waals surface area contributed by atoms with E-state index in [-0.39, 0.29) is 23.7 Å². The molecule has 3 heterocycles. The van der Waals surface area contributed by atoms with Gasteiger partial charge in [-0.05, 0) is 29.7 Å². The maximum atomic E-state index is 13.3. The molecule has 1 amide bonds. The number of nitrogens with one attached hydrogen (secondary N) is 1.